The number of halogens is 6. The Balaban J connectivity index is 2.14. The highest BCUT2D eigenvalue weighted by atomic mass is 19.4. The number of hydrogen-bond donors (Lipinski definition) is 0. The summed E-state index contributed by atoms with van der Waals surface area (Å²) in [5.41, 5.74) is -2.63. The molecule has 3 aromatic rings. The van der Waals surface area contributed by atoms with Crippen molar-refractivity contribution in [2.45, 2.75) is 18.9 Å². The lowest BCUT2D eigenvalue weighted by molar-refractivity contribution is -0.143. The number of pyridine rings is 1. The molecule has 0 aliphatic carbocycles. The summed E-state index contributed by atoms with van der Waals surface area (Å²) in [6.07, 6.45) is -5.79. The zero-order chi connectivity index (χ0) is 24.6. The molecule has 0 aliphatic rings. The number of carbonyl (C=O) groups excluding carboxylic acids is 1. The fourth-order valence-electron chi connectivity index (χ4n) is 3.23. The highest BCUT2D eigenvalue weighted by molar-refractivity contribution is 6.03. The summed E-state index contributed by atoms with van der Waals surface area (Å²) in [7, 11) is 2.93. The van der Waals surface area contributed by atoms with Gasteiger partial charge in [-0.25, -0.2) is 4.98 Å². The SMILES string of the molecule is CN(C)C(=O)/C(C#N)=C/c1cn(Cc2cc(C(F)(F)F)cc(C(F)(F)F)c2)c2ncccc12. The van der Waals surface area contributed by atoms with Gasteiger partial charge in [-0.2, -0.15) is 31.6 Å². The quantitative estimate of drug-likeness (QED) is 0.305. The van der Waals surface area contributed by atoms with Gasteiger partial charge in [0.05, 0.1) is 11.1 Å². The highest BCUT2D eigenvalue weighted by Crippen LogP contribution is 2.36. The Kier molecular flexibility index (Phi) is 6.22. The fourth-order valence-corrected chi connectivity index (χ4v) is 3.23. The minimum Gasteiger partial charge on any atom is -0.344 e. The molecule has 2 aromatic heterocycles. The van der Waals surface area contributed by atoms with Crippen LogP contribution in [0, 0.1) is 11.3 Å². The van der Waals surface area contributed by atoms with E-state index in [0.717, 1.165) is 0 Å². The highest BCUT2D eigenvalue weighted by Gasteiger charge is 2.36. The summed E-state index contributed by atoms with van der Waals surface area (Å²) >= 11 is 0. The third-order valence-corrected chi connectivity index (χ3v) is 4.72. The number of rotatable bonds is 4. The molecule has 3 rings (SSSR count). The van der Waals surface area contributed by atoms with Crippen LogP contribution in [0.5, 0.6) is 0 Å². The summed E-state index contributed by atoms with van der Waals surface area (Å²) in [6.45, 7) is -0.349. The van der Waals surface area contributed by atoms with Crippen molar-refractivity contribution in [1.29, 1.82) is 5.26 Å². The maximum atomic E-state index is 13.2. The number of fused-ring (bicyclic) bond motifs is 1. The van der Waals surface area contributed by atoms with Crippen LogP contribution in [0.1, 0.15) is 22.3 Å². The maximum Gasteiger partial charge on any atom is 0.416 e. The molecule has 33 heavy (non-hydrogen) atoms. The molecule has 0 unspecified atom stereocenters. The largest absolute Gasteiger partial charge is 0.416 e. The van der Waals surface area contributed by atoms with Crippen molar-refractivity contribution < 1.29 is 31.1 Å². The van der Waals surface area contributed by atoms with E-state index >= 15 is 0 Å². The predicted molar refractivity (Wildman–Crippen MR) is 108 cm³/mol. The summed E-state index contributed by atoms with van der Waals surface area (Å²) in [6, 6.07) is 6.35. The van der Waals surface area contributed by atoms with E-state index in [2.05, 4.69) is 4.98 Å². The summed E-state index contributed by atoms with van der Waals surface area (Å²) in [5, 5.41) is 9.81. The van der Waals surface area contributed by atoms with E-state index in [9.17, 15) is 36.4 Å². The van der Waals surface area contributed by atoms with Gasteiger partial charge >= 0.3 is 12.4 Å². The van der Waals surface area contributed by atoms with Gasteiger partial charge in [-0.3, -0.25) is 4.79 Å². The van der Waals surface area contributed by atoms with E-state index in [1.54, 1.807) is 18.2 Å². The van der Waals surface area contributed by atoms with Crippen molar-refractivity contribution in [3.8, 4) is 6.07 Å². The smallest absolute Gasteiger partial charge is 0.344 e. The first-order valence-corrected chi connectivity index (χ1v) is 9.37. The van der Waals surface area contributed by atoms with E-state index in [1.165, 1.54) is 42.0 Å². The summed E-state index contributed by atoms with van der Waals surface area (Å²) in [5.74, 6) is -0.560. The first kappa shape index (κ1) is 23.8. The minimum absolute atomic E-state index is 0.0652. The van der Waals surface area contributed by atoms with Gasteiger partial charge in [-0.1, -0.05) is 0 Å². The van der Waals surface area contributed by atoms with Gasteiger partial charge in [0.2, 0.25) is 0 Å². The Hall–Kier alpha value is -3.81. The summed E-state index contributed by atoms with van der Waals surface area (Å²) < 4.78 is 80.5. The van der Waals surface area contributed by atoms with Crippen LogP contribution in [0.4, 0.5) is 26.3 Å². The van der Waals surface area contributed by atoms with Gasteiger partial charge in [0, 0.05) is 44.0 Å². The van der Waals surface area contributed by atoms with Gasteiger partial charge in [-0.05, 0) is 42.0 Å². The van der Waals surface area contributed by atoms with E-state index in [1.807, 2.05) is 0 Å². The van der Waals surface area contributed by atoms with Crippen LogP contribution in [0.3, 0.4) is 0 Å². The number of nitrogens with zero attached hydrogens (tertiary/aromatic N) is 4. The monoisotopic (exact) mass is 466 g/mol. The van der Waals surface area contributed by atoms with E-state index in [4.69, 9.17) is 0 Å². The molecule has 5 nitrogen and oxygen atoms in total. The molecule has 0 radical (unpaired) electrons. The number of nitriles is 1. The number of aromatic nitrogens is 2. The lowest BCUT2D eigenvalue weighted by atomic mass is 10.0. The molecule has 0 aliphatic heterocycles. The predicted octanol–water partition coefficient (Wildman–Crippen LogP) is 5.12. The molecular weight excluding hydrogens is 450 g/mol. The second-order valence-corrected chi connectivity index (χ2v) is 7.37. The van der Waals surface area contributed by atoms with Crippen molar-refractivity contribution in [3.63, 3.8) is 0 Å². The number of amides is 1. The van der Waals surface area contributed by atoms with Crippen LogP contribution >= 0.6 is 0 Å². The van der Waals surface area contributed by atoms with E-state index in [-0.39, 0.29) is 29.4 Å². The summed E-state index contributed by atoms with van der Waals surface area (Å²) in [4.78, 5) is 17.5. The van der Waals surface area contributed by atoms with Crippen molar-refractivity contribution >= 4 is 23.0 Å². The molecule has 1 amide bonds. The van der Waals surface area contributed by atoms with Crippen LogP contribution in [0.15, 0.2) is 48.3 Å². The number of hydrogen-bond acceptors (Lipinski definition) is 3. The molecule has 11 heteroatoms. The van der Waals surface area contributed by atoms with Crippen molar-refractivity contribution in [1.82, 2.24) is 14.5 Å². The second-order valence-electron chi connectivity index (χ2n) is 7.37. The molecule has 0 saturated heterocycles. The molecule has 0 spiro atoms. The molecule has 172 valence electrons. The topological polar surface area (TPSA) is 61.9 Å². The zero-order valence-electron chi connectivity index (χ0n) is 17.3. The molecule has 0 bridgehead atoms. The van der Waals surface area contributed by atoms with Crippen LogP contribution < -0.4 is 0 Å². The Labute approximate surface area is 184 Å². The van der Waals surface area contributed by atoms with Crippen molar-refractivity contribution in [3.05, 3.63) is 70.6 Å². The van der Waals surface area contributed by atoms with Crippen LogP contribution in [0.25, 0.3) is 17.1 Å². The number of alkyl halides is 6. The molecule has 2 heterocycles. The first-order chi connectivity index (χ1) is 15.3. The van der Waals surface area contributed by atoms with Crippen molar-refractivity contribution in [2.75, 3.05) is 14.1 Å². The normalized spacial score (nSPS) is 12.6. The van der Waals surface area contributed by atoms with Gasteiger partial charge in [0.1, 0.15) is 17.3 Å². The average Bonchev–Trinajstić information content (AvgIpc) is 3.07. The van der Waals surface area contributed by atoms with Crippen molar-refractivity contribution in [2.24, 2.45) is 0 Å². The van der Waals surface area contributed by atoms with Crippen LogP contribution in [0.2, 0.25) is 0 Å². The minimum atomic E-state index is -4.96. The Morgan fingerprint density at radius 2 is 1.73 bits per heavy atom. The fraction of sp³-hybridized carbons (Fsp3) is 0.227. The average molecular weight is 466 g/mol. The van der Waals surface area contributed by atoms with Crippen LogP contribution in [-0.2, 0) is 23.7 Å². The maximum absolute atomic E-state index is 13.2. The first-order valence-electron chi connectivity index (χ1n) is 9.37. The lowest BCUT2D eigenvalue weighted by Gasteiger charge is -2.14. The third kappa shape index (κ3) is 5.16. The molecule has 0 N–H and O–H groups in total. The lowest BCUT2D eigenvalue weighted by Crippen LogP contribution is -2.22. The van der Waals surface area contributed by atoms with Gasteiger partial charge in [0.25, 0.3) is 5.91 Å². The Morgan fingerprint density at radius 3 is 2.24 bits per heavy atom. The molecule has 0 fully saturated rings. The van der Waals surface area contributed by atoms with Gasteiger partial charge in [0.15, 0.2) is 0 Å². The Bertz CT molecular complexity index is 1250. The molecule has 0 saturated carbocycles. The van der Waals surface area contributed by atoms with E-state index in [0.29, 0.717) is 23.1 Å². The van der Waals surface area contributed by atoms with Crippen LogP contribution in [-0.4, -0.2) is 34.5 Å². The van der Waals surface area contributed by atoms with Gasteiger partial charge < -0.3 is 9.47 Å². The Morgan fingerprint density at radius 1 is 1.12 bits per heavy atom. The standard InChI is InChI=1S/C22H16F6N4O/c1-31(2)20(33)14(10-29)8-15-12-32(19-18(15)4-3-5-30-19)11-13-6-16(21(23,24)25)9-17(7-13)22(26,27)28/h3-9,12H,11H2,1-2H3/b14-8+. The zero-order valence-corrected chi connectivity index (χ0v) is 17.3. The number of carbonyl (C=O) groups is 1. The molecular formula is C22H16F6N4O. The van der Waals surface area contributed by atoms with E-state index < -0.39 is 29.4 Å². The third-order valence-electron chi connectivity index (χ3n) is 4.72. The number of benzene rings is 1. The van der Waals surface area contributed by atoms with Gasteiger partial charge in [-0.15, -0.1) is 0 Å². The second kappa shape index (κ2) is 8.61. The molecule has 0 atom stereocenters. The number of likely N-dealkylation sites (N-methyl/N-ethyl adjacent to an activating group) is 1. The molecule has 1 aromatic carbocycles.